The van der Waals surface area contributed by atoms with Crippen molar-refractivity contribution in [1.82, 2.24) is 14.6 Å². The number of sulfonamides is 1. The molecule has 1 aromatic heterocycles. The number of rotatable bonds is 5. The first-order valence-electron chi connectivity index (χ1n) is 8.52. The lowest BCUT2D eigenvalue weighted by atomic mass is 10.1. The highest BCUT2D eigenvalue weighted by molar-refractivity contribution is 7.89. The minimum absolute atomic E-state index is 0.0682. The standard InChI is InChI=1S/C17H20F3N3O3S/c1-23-8-2-3-11(23)6-7-21-27(25,26)12-4-5-15-13(9-12)14(17(18,19)20)10-16(24)22-15/h4-5,9-11,21H,2-3,6-8H2,1H3,(H,22,24). The molecule has 0 radical (unpaired) electrons. The number of nitrogens with one attached hydrogen (secondary N) is 2. The molecule has 2 aromatic rings. The molecule has 0 spiro atoms. The SMILES string of the molecule is CN1CCCC1CCNS(=O)(=O)c1ccc2[nH]c(=O)cc(C(F)(F)F)c2c1. The molecule has 0 amide bonds. The lowest BCUT2D eigenvalue weighted by Gasteiger charge is -2.19. The number of alkyl halides is 3. The van der Waals surface area contributed by atoms with Gasteiger partial charge < -0.3 is 9.88 Å². The summed E-state index contributed by atoms with van der Waals surface area (Å²) in [5, 5.41) is -0.361. The summed E-state index contributed by atoms with van der Waals surface area (Å²) in [5.41, 5.74) is -2.13. The Morgan fingerprint density at radius 1 is 1.30 bits per heavy atom. The van der Waals surface area contributed by atoms with E-state index in [1.807, 2.05) is 7.05 Å². The Morgan fingerprint density at radius 2 is 2.04 bits per heavy atom. The van der Waals surface area contributed by atoms with E-state index in [4.69, 9.17) is 0 Å². The number of benzene rings is 1. The molecule has 10 heteroatoms. The fraction of sp³-hybridized carbons (Fsp3) is 0.471. The van der Waals surface area contributed by atoms with Gasteiger partial charge in [0.25, 0.3) is 0 Å². The molecular weight excluding hydrogens is 383 g/mol. The van der Waals surface area contributed by atoms with E-state index in [-0.39, 0.29) is 22.3 Å². The summed E-state index contributed by atoms with van der Waals surface area (Å²) < 4.78 is 67.1. The third-order valence-electron chi connectivity index (χ3n) is 4.87. The van der Waals surface area contributed by atoms with Crippen LogP contribution in [0.2, 0.25) is 0 Å². The van der Waals surface area contributed by atoms with Gasteiger partial charge in [0.15, 0.2) is 0 Å². The van der Waals surface area contributed by atoms with Gasteiger partial charge in [-0.1, -0.05) is 0 Å². The van der Waals surface area contributed by atoms with Gasteiger partial charge in [0.2, 0.25) is 15.6 Å². The van der Waals surface area contributed by atoms with Crippen molar-refractivity contribution in [2.75, 3.05) is 20.1 Å². The second-order valence-corrected chi connectivity index (χ2v) is 8.48. The second kappa shape index (κ2) is 7.25. The summed E-state index contributed by atoms with van der Waals surface area (Å²) in [4.78, 5) is 15.6. The predicted molar refractivity (Wildman–Crippen MR) is 95.0 cm³/mol. The third kappa shape index (κ3) is 4.33. The third-order valence-corrected chi connectivity index (χ3v) is 6.33. The van der Waals surface area contributed by atoms with Crippen LogP contribution in [0.15, 0.2) is 34.0 Å². The van der Waals surface area contributed by atoms with Crippen LogP contribution in [-0.2, 0) is 16.2 Å². The van der Waals surface area contributed by atoms with E-state index in [0.29, 0.717) is 18.5 Å². The van der Waals surface area contributed by atoms with Gasteiger partial charge in [-0.15, -0.1) is 0 Å². The smallest absolute Gasteiger partial charge is 0.322 e. The average Bonchev–Trinajstić information content (AvgIpc) is 2.97. The van der Waals surface area contributed by atoms with Crippen LogP contribution in [0.5, 0.6) is 0 Å². The first-order valence-corrected chi connectivity index (χ1v) is 10.0. The van der Waals surface area contributed by atoms with Crippen LogP contribution in [-0.4, -0.2) is 44.5 Å². The zero-order chi connectivity index (χ0) is 19.8. The number of aromatic nitrogens is 1. The summed E-state index contributed by atoms with van der Waals surface area (Å²) in [7, 11) is -1.98. The van der Waals surface area contributed by atoms with Crippen molar-refractivity contribution in [3.05, 3.63) is 40.2 Å². The highest BCUT2D eigenvalue weighted by Gasteiger charge is 2.33. The quantitative estimate of drug-likeness (QED) is 0.803. The molecule has 1 atom stereocenters. The molecule has 2 N–H and O–H groups in total. The molecule has 3 rings (SSSR count). The number of H-pyrrole nitrogens is 1. The van der Waals surface area contributed by atoms with E-state index >= 15 is 0 Å². The van der Waals surface area contributed by atoms with E-state index in [2.05, 4.69) is 14.6 Å². The second-order valence-electron chi connectivity index (χ2n) is 6.72. The van der Waals surface area contributed by atoms with Crippen LogP contribution < -0.4 is 10.3 Å². The van der Waals surface area contributed by atoms with Gasteiger partial charge in [0.05, 0.1) is 10.5 Å². The molecule has 0 saturated carbocycles. The van der Waals surface area contributed by atoms with E-state index in [1.54, 1.807) is 0 Å². The van der Waals surface area contributed by atoms with Gasteiger partial charge in [0, 0.05) is 29.6 Å². The zero-order valence-electron chi connectivity index (χ0n) is 14.6. The van der Waals surface area contributed by atoms with E-state index in [1.165, 1.54) is 12.1 Å². The van der Waals surface area contributed by atoms with Crippen molar-refractivity contribution >= 4 is 20.9 Å². The molecule has 1 aromatic carbocycles. The molecule has 0 aliphatic carbocycles. The van der Waals surface area contributed by atoms with E-state index in [0.717, 1.165) is 25.5 Å². The van der Waals surface area contributed by atoms with Gasteiger partial charge >= 0.3 is 6.18 Å². The van der Waals surface area contributed by atoms with Crippen molar-refractivity contribution in [1.29, 1.82) is 0 Å². The van der Waals surface area contributed by atoms with Crippen LogP contribution in [0, 0.1) is 0 Å². The number of nitrogens with zero attached hydrogens (tertiary/aromatic N) is 1. The number of likely N-dealkylation sites (tertiary alicyclic amines) is 1. The topological polar surface area (TPSA) is 82.3 Å². The minimum atomic E-state index is -4.77. The lowest BCUT2D eigenvalue weighted by Crippen LogP contribution is -2.31. The van der Waals surface area contributed by atoms with Crippen molar-refractivity contribution in [2.24, 2.45) is 0 Å². The number of hydrogen-bond donors (Lipinski definition) is 2. The van der Waals surface area contributed by atoms with Gasteiger partial charge in [-0.25, -0.2) is 13.1 Å². The molecule has 1 fully saturated rings. The van der Waals surface area contributed by atoms with Gasteiger partial charge in [-0.3, -0.25) is 4.79 Å². The molecule has 6 nitrogen and oxygen atoms in total. The molecule has 2 heterocycles. The molecule has 1 saturated heterocycles. The molecule has 1 aliphatic heterocycles. The number of pyridine rings is 1. The Bertz CT molecular complexity index is 1000. The monoisotopic (exact) mass is 403 g/mol. The Morgan fingerprint density at radius 3 is 2.67 bits per heavy atom. The van der Waals surface area contributed by atoms with Crippen LogP contribution >= 0.6 is 0 Å². The van der Waals surface area contributed by atoms with Gasteiger partial charge in [0.1, 0.15) is 0 Å². The van der Waals surface area contributed by atoms with Gasteiger partial charge in [-0.05, 0) is 51.1 Å². The maximum absolute atomic E-state index is 13.2. The summed E-state index contributed by atoms with van der Waals surface area (Å²) >= 11 is 0. The summed E-state index contributed by atoms with van der Waals surface area (Å²) in [6, 6.07) is 4.03. The number of hydrogen-bond acceptors (Lipinski definition) is 4. The summed E-state index contributed by atoms with van der Waals surface area (Å²) in [5.74, 6) is 0. The fourth-order valence-electron chi connectivity index (χ4n) is 3.42. The van der Waals surface area contributed by atoms with Crippen LogP contribution in [0.25, 0.3) is 10.9 Å². The Balaban J connectivity index is 1.87. The van der Waals surface area contributed by atoms with Crippen molar-refractivity contribution in [3.63, 3.8) is 0 Å². The van der Waals surface area contributed by atoms with Crippen molar-refractivity contribution in [2.45, 2.75) is 36.4 Å². The molecule has 27 heavy (non-hydrogen) atoms. The lowest BCUT2D eigenvalue weighted by molar-refractivity contribution is -0.136. The van der Waals surface area contributed by atoms with Crippen LogP contribution in [0.1, 0.15) is 24.8 Å². The van der Waals surface area contributed by atoms with Gasteiger partial charge in [-0.2, -0.15) is 13.2 Å². The first kappa shape index (κ1) is 19.8. The largest absolute Gasteiger partial charge is 0.417 e. The Hall–Kier alpha value is -1.91. The number of halogens is 3. The van der Waals surface area contributed by atoms with Crippen molar-refractivity contribution in [3.8, 4) is 0 Å². The van der Waals surface area contributed by atoms with E-state index in [9.17, 15) is 26.4 Å². The zero-order valence-corrected chi connectivity index (χ0v) is 15.5. The number of fused-ring (bicyclic) bond motifs is 1. The minimum Gasteiger partial charge on any atom is -0.322 e. The summed E-state index contributed by atoms with van der Waals surface area (Å²) in [6.45, 7) is 1.17. The predicted octanol–water partition coefficient (Wildman–Crippen LogP) is 2.31. The maximum atomic E-state index is 13.2. The maximum Gasteiger partial charge on any atom is 0.417 e. The van der Waals surface area contributed by atoms with Crippen LogP contribution in [0.4, 0.5) is 13.2 Å². The molecule has 148 valence electrons. The van der Waals surface area contributed by atoms with Crippen molar-refractivity contribution < 1.29 is 21.6 Å². The molecule has 1 aliphatic rings. The highest BCUT2D eigenvalue weighted by atomic mass is 32.2. The van der Waals surface area contributed by atoms with Crippen LogP contribution in [0.3, 0.4) is 0 Å². The normalized spacial score (nSPS) is 19.0. The fourth-order valence-corrected chi connectivity index (χ4v) is 4.50. The highest BCUT2D eigenvalue weighted by Crippen LogP contribution is 2.34. The molecule has 1 unspecified atom stereocenters. The Kier molecular flexibility index (Phi) is 5.33. The Labute approximate surface area is 154 Å². The number of aromatic amines is 1. The van der Waals surface area contributed by atoms with E-state index < -0.39 is 27.3 Å². The average molecular weight is 403 g/mol. The molecular formula is C17H20F3N3O3S. The first-order chi connectivity index (χ1) is 12.6. The molecule has 0 bridgehead atoms. The summed E-state index contributed by atoms with van der Waals surface area (Å²) in [6.07, 6.45) is -2.08.